The van der Waals surface area contributed by atoms with Crippen LogP contribution in [-0.2, 0) is 9.84 Å². The fraction of sp³-hybridized carbons (Fsp3) is 1.00. The molecule has 0 aromatic heterocycles. The van der Waals surface area contributed by atoms with Gasteiger partial charge < -0.3 is 5.32 Å². The van der Waals surface area contributed by atoms with E-state index >= 15 is 0 Å². The largest absolute Gasteiger partial charge is 0.314 e. The molecule has 1 atom stereocenters. The van der Waals surface area contributed by atoms with Crippen molar-refractivity contribution in [2.24, 2.45) is 5.92 Å². The topological polar surface area (TPSA) is 49.4 Å². The Morgan fingerprint density at radius 3 is 2.69 bits per heavy atom. The summed E-state index contributed by atoms with van der Waals surface area (Å²) >= 11 is 0. The minimum atomic E-state index is -2.83. The predicted octanol–water partition coefficient (Wildman–Crippen LogP) is 0.351. The SMILES string of the molecule is CCS(=O)(=O)CCN1CCNCC1C(C)C. The van der Waals surface area contributed by atoms with Crippen LogP contribution < -0.4 is 5.32 Å². The lowest BCUT2D eigenvalue weighted by Gasteiger charge is -2.38. The molecule has 0 amide bonds. The highest BCUT2D eigenvalue weighted by Gasteiger charge is 2.25. The van der Waals surface area contributed by atoms with E-state index in [1.54, 1.807) is 6.92 Å². The standard InChI is InChI=1S/C11H24N2O2S/c1-4-16(14,15)8-7-13-6-5-12-9-11(13)10(2)3/h10-12H,4-9H2,1-3H3. The zero-order valence-corrected chi connectivity index (χ0v) is 11.4. The van der Waals surface area contributed by atoms with Crippen molar-refractivity contribution in [2.75, 3.05) is 37.7 Å². The van der Waals surface area contributed by atoms with E-state index in [-0.39, 0.29) is 5.75 Å². The molecule has 4 nitrogen and oxygen atoms in total. The van der Waals surface area contributed by atoms with E-state index in [0.29, 0.717) is 24.3 Å². The lowest BCUT2D eigenvalue weighted by atomic mass is 10.0. The molecule has 1 saturated heterocycles. The van der Waals surface area contributed by atoms with Crippen LogP contribution in [0.3, 0.4) is 0 Å². The number of nitrogens with zero attached hydrogens (tertiary/aromatic N) is 1. The Morgan fingerprint density at radius 2 is 2.12 bits per heavy atom. The molecule has 0 radical (unpaired) electrons. The Balaban J connectivity index is 2.50. The zero-order chi connectivity index (χ0) is 12.2. The van der Waals surface area contributed by atoms with Gasteiger partial charge in [0.05, 0.1) is 5.75 Å². The Kier molecular flexibility index (Phi) is 5.21. The van der Waals surface area contributed by atoms with Crippen LogP contribution in [0.5, 0.6) is 0 Å². The summed E-state index contributed by atoms with van der Waals surface area (Å²) in [6, 6.07) is 0.473. The summed E-state index contributed by atoms with van der Waals surface area (Å²) in [4.78, 5) is 2.31. The average Bonchev–Trinajstić information content (AvgIpc) is 2.27. The van der Waals surface area contributed by atoms with Gasteiger partial charge in [0.2, 0.25) is 0 Å². The van der Waals surface area contributed by atoms with Crippen LogP contribution in [0.1, 0.15) is 20.8 Å². The second-order valence-electron chi connectivity index (χ2n) is 4.79. The van der Waals surface area contributed by atoms with Gasteiger partial charge in [-0.2, -0.15) is 0 Å². The van der Waals surface area contributed by atoms with E-state index in [9.17, 15) is 8.42 Å². The van der Waals surface area contributed by atoms with Gasteiger partial charge in [-0.25, -0.2) is 8.42 Å². The second-order valence-corrected chi connectivity index (χ2v) is 7.26. The smallest absolute Gasteiger partial charge is 0.151 e. The van der Waals surface area contributed by atoms with Crippen molar-refractivity contribution in [3.05, 3.63) is 0 Å². The first-order valence-corrected chi connectivity index (χ1v) is 7.93. The Bertz CT molecular complexity index is 301. The number of hydrogen-bond donors (Lipinski definition) is 1. The van der Waals surface area contributed by atoms with Crippen LogP contribution in [0.4, 0.5) is 0 Å². The van der Waals surface area contributed by atoms with Crippen LogP contribution in [0.2, 0.25) is 0 Å². The van der Waals surface area contributed by atoms with Gasteiger partial charge in [-0.05, 0) is 5.92 Å². The fourth-order valence-electron chi connectivity index (χ4n) is 2.10. The first kappa shape index (κ1) is 13.9. The maximum atomic E-state index is 11.5. The molecule has 0 aromatic carbocycles. The number of hydrogen-bond acceptors (Lipinski definition) is 4. The molecule has 1 N–H and O–H groups in total. The fourth-order valence-corrected chi connectivity index (χ4v) is 2.90. The molecule has 0 aromatic rings. The molecule has 0 saturated carbocycles. The summed E-state index contributed by atoms with van der Waals surface area (Å²) in [7, 11) is -2.83. The molecular weight excluding hydrogens is 224 g/mol. The monoisotopic (exact) mass is 248 g/mol. The first-order valence-electron chi connectivity index (χ1n) is 6.11. The average molecular weight is 248 g/mol. The van der Waals surface area contributed by atoms with Crippen molar-refractivity contribution < 1.29 is 8.42 Å². The van der Waals surface area contributed by atoms with E-state index in [0.717, 1.165) is 19.6 Å². The summed E-state index contributed by atoms with van der Waals surface area (Å²) in [6.07, 6.45) is 0. The zero-order valence-electron chi connectivity index (χ0n) is 10.6. The molecule has 0 spiro atoms. The molecular formula is C11H24N2O2S. The highest BCUT2D eigenvalue weighted by molar-refractivity contribution is 7.91. The number of rotatable bonds is 5. The van der Waals surface area contributed by atoms with Gasteiger partial charge in [0.25, 0.3) is 0 Å². The summed E-state index contributed by atoms with van der Waals surface area (Å²) in [5.74, 6) is 1.12. The number of sulfone groups is 1. The summed E-state index contributed by atoms with van der Waals surface area (Å²) in [5.41, 5.74) is 0. The highest BCUT2D eigenvalue weighted by Crippen LogP contribution is 2.12. The lowest BCUT2D eigenvalue weighted by molar-refractivity contribution is 0.132. The maximum Gasteiger partial charge on any atom is 0.151 e. The van der Waals surface area contributed by atoms with Gasteiger partial charge in [0.15, 0.2) is 9.84 Å². The predicted molar refractivity (Wildman–Crippen MR) is 67.4 cm³/mol. The molecule has 0 aliphatic carbocycles. The van der Waals surface area contributed by atoms with Crippen LogP contribution in [0, 0.1) is 5.92 Å². The van der Waals surface area contributed by atoms with Crippen molar-refractivity contribution >= 4 is 9.84 Å². The third-order valence-corrected chi connectivity index (χ3v) is 4.98. The summed E-state index contributed by atoms with van der Waals surface area (Å²) < 4.78 is 23.0. The van der Waals surface area contributed by atoms with E-state index in [1.165, 1.54) is 0 Å². The van der Waals surface area contributed by atoms with Crippen molar-refractivity contribution in [3.63, 3.8) is 0 Å². The molecule has 1 fully saturated rings. The van der Waals surface area contributed by atoms with Gasteiger partial charge in [-0.15, -0.1) is 0 Å². The highest BCUT2D eigenvalue weighted by atomic mass is 32.2. The molecule has 1 aliphatic rings. The van der Waals surface area contributed by atoms with Crippen molar-refractivity contribution in [1.82, 2.24) is 10.2 Å². The molecule has 1 unspecified atom stereocenters. The van der Waals surface area contributed by atoms with Crippen LogP contribution in [0.25, 0.3) is 0 Å². The van der Waals surface area contributed by atoms with Gasteiger partial charge in [-0.3, -0.25) is 4.90 Å². The van der Waals surface area contributed by atoms with Crippen LogP contribution >= 0.6 is 0 Å². The second kappa shape index (κ2) is 5.98. The first-order chi connectivity index (χ1) is 7.46. The Hall–Kier alpha value is -0.130. The van der Waals surface area contributed by atoms with Gasteiger partial charge >= 0.3 is 0 Å². The van der Waals surface area contributed by atoms with Crippen LogP contribution in [-0.4, -0.2) is 57.0 Å². The summed E-state index contributed by atoms with van der Waals surface area (Å²) in [6.45, 7) is 9.69. The van der Waals surface area contributed by atoms with Crippen molar-refractivity contribution in [2.45, 2.75) is 26.8 Å². The van der Waals surface area contributed by atoms with Gasteiger partial charge in [0, 0.05) is 38.0 Å². The molecule has 1 aliphatic heterocycles. The molecule has 0 bridgehead atoms. The third kappa shape index (κ3) is 4.03. The maximum absolute atomic E-state index is 11.5. The van der Waals surface area contributed by atoms with E-state index in [1.807, 2.05) is 0 Å². The molecule has 1 rings (SSSR count). The molecule has 96 valence electrons. The van der Waals surface area contributed by atoms with Gasteiger partial charge in [-0.1, -0.05) is 20.8 Å². The van der Waals surface area contributed by atoms with E-state index < -0.39 is 9.84 Å². The molecule has 1 heterocycles. The third-order valence-electron chi connectivity index (χ3n) is 3.30. The quantitative estimate of drug-likeness (QED) is 0.763. The lowest BCUT2D eigenvalue weighted by Crippen LogP contribution is -2.54. The number of nitrogens with one attached hydrogen (secondary N) is 1. The van der Waals surface area contributed by atoms with E-state index in [4.69, 9.17) is 0 Å². The number of piperazine rings is 1. The summed E-state index contributed by atoms with van der Waals surface area (Å²) in [5, 5.41) is 3.37. The van der Waals surface area contributed by atoms with E-state index in [2.05, 4.69) is 24.1 Å². The Morgan fingerprint density at radius 1 is 1.44 bits per heavy atom. The molecule has 16 heavy (non-hydrogen) atoms. The molecule has 5 heteroatoms. The Labute approximate surface area is 99.3 Å². The van der Waals surface area contributed by atoms with Gasteiger partial charge in [0.1, 0.15) is 0 Å². The van der Waals surface area contributed by atoms with Crippen molar-refractivity contribution in [3.8, 4) is 0 Å². The van der Waals surface area contributed by atoms with Crippen LogP contribution in [0.15, 0.2) is 0 Å². The van der Waals surface area contributed by atoms with Crippen molar-refractivity contribution in [1.29, 1.82) is 0 Å². The minimum absolute atomic E-state index is 0.255. The minimum Gasteiger partial charge on any atom is -0.314 e. The normalized spacial score (nSPS) is 23.9.